The van der Waals surface area contributed by atoms with Gasteiger partial charge < -0.3 is 15.1 Å². The number of rotatable bonds is 6. The van der Waals surface area contributed by atoms with E-state index in [1.165, 1.54) is 16.0 Å². The summed E-state index contributed by atoms with van der Waals surface area (Å²) >= 11 is 0. The molecule has 0 bridgehead atoms. The van der Waals surface area contributed by atoms with Gasteiger partial charge in [-0.1, -0.05) is 6.07 Å². The maximum atomic E-state index is 12.9. The topological polar surface area (TPSA) is 49.7 Å². The number of likely N-dealkylation sites (N-methyl/N-ethyl adjacent to an activating group) is 1. The Hall–Kier alpha value is -2.40. The molecule has 2 aromatic rings. The molecule has 0 radical (unpaired) electrons. The Balaban J connectivity index is 2.18. The number of nitrogens with one attached hydrogen (secondary N) is 2. The van der Waals surface area contributed by atoms with Crippen LogP contribution in [0.25, 0.3) is 0 Å². The first-order chi connectivity index (χ1) is 11.9. The molecule has 1 aromatic carbocycles. The molecule has 0 aliphatic carbocycles. The highest BCUT2D eigenvalue weighted by Crippen LogP contribution is 2.21. The van der Waals surface area contributed by atoms with Crippen LogP contribution in [0.15, 0.2) is 42.7 Å². The lowest BCUT2D eigenvalue weighted by Gasteiger charge is -2.30. The van der Waals surface area contributed by atoms with Crippen molar-refractivity contribution in [2.24, 2.45) is 0 Å². The number of amides is 2. The van der Waals surface area contributed by atoms with E-state index in [2.05, 4.69) is 45.2 Å². The molecule has 0 aliphatic rings. The van der Waals surface area contributed by atoms with Crippen molar-refractivity contribution < 1.29 is 9.69 Å². The van der Waals surface area contributed by atoms with Crippen molar-refractivity contribution in [1.82, 2.24) is 9.88 Å². The zero-order valence-corrected chi connectivity index (χ0v) is 15.8. The Morgan fingerprint density at radius 2 is 1.84 bits per heavy atom. The zero-order valence-electron chi connectivity index (χ0n) is 15.8. The van der Waals surface area contributed by atoms with Crippen molar-refractivity contribution >= 4 is 11.7 Å². The number of pyridine rings is 1. The molecule has 0 saturated heterocycles. The predicted molar refractivity (Wildman–Crippen MR) is 102 cm³/mol. The first-order valence-electron chi connectivity index (χ1n) is 8.72. The van der Waals surface area contributed by atoms with Gasteiger partial charge in [-0.25, -0.2) is 4.79 Å². The van der Waals surface area contributed by atoms with Crippen molar-refractivity contribution in [3.05, 3.63) is 59.4 Å². The van der Waals surface area contributed by atoms with Gasteiger partial charge in [0.1, 0.15) is 0 Å². The quantitative estimate of drug-likeness (QED) is 0.848. The molecule has 5 heteroatoms. The minimum Gasteiger partial charge on any atom is -0.338 e. The zero-order chi connectivity index (χ0) is 18.4. The number of quaternary nitrogens is 1. The molecule has 5 nitrogen and oxygen atoms in total. The fourth-order valence-corrected chi connectivity index (χ4v) is 2.65. The van der Waals surface area contributed by atoms with Gasteiger partial charge in [-0.2, -0.15) is 0 Å². The molecule has 0 spiro atoms. The van der Waals surface area contributed by atoms with Gasteiger partial charge in [-0.05, 0) is 61.7 Å². The molecule has 2 N–H and O–H groups in total. The van der Waals surface area contributed by atoms with E-state index in [0.29, 0.717) is 6.54 Å². The molecule has 1 aromatic heterocycles. The number of anilines is 1. The number of carbonyl (C=O) groups is 1. The highest BCUT2D eigenvalue weighted by molar-refractivity contribution is 5.89. The third-order valence-electron chi connectivity index (χ3n) is 4.53. The molecular formula is C20H29N4O+. The molecule has 1 atom stereocenters. The monoisotopic (exact) mass is 341 g/mol. The Labute approximate surface area is 150 Å². The largest absolute Gasteiger partial charge is 0.338 e. The molecule has 25 heavy (non-hydrogen) atoms. The molecular weight excluding hydrogens is 312 g/mol. The number of benzene rings is 1. The van der Waals surface area contributed by atoms with E-state index in [4.69, 9.17) is 0 Å². The average molecular weight is 341 g/mol. The minimum atomic E-state index is -0.0752. The normalized spacial score (nSPS) is 12.1. The minimum absolute atomic E-state index is 0.0195. The van der Waals surface area contributed by atoms with Crippen molar-refractivity contribution in [1.29, 1.82) is 0 Å². The van der Waals surface area contributed by atoms with Crippen molar-refractivity contribution in [2.45, 2.75) is 26.8 Å². The summed E-state index contributed by atoms with van der Waals surface area (Å²) in [5.74, 6) is 0. The Morgan fingerprint density at radius 3 is 2.44 bits per heavy atom. The molecule has 0 saturated carbocycles. The number of aryl methyl sites for hydroxylation is 2. The number of hydrogen-bond acceptors (Lipinski definition) is 2. The summed E-state index contributed by atoms with van der Waals surface area (Å²) in [6.45, 7) is 7.74. The van der Waals surface area contributed by atoms with Gasteiger partial charge in [0, 0.05) is 18.1 Å². The summed E-state index contributed by atoms with van der Waals surface area (Å²) in [4.78, 5) is 20.2. The average Bonchev–Trinajstić information content (AvgIpc) is 2.58. The van der Waals surface area contributed by atoms with Gasteiger partial charge in [0.2, 0.25) is 0 Å². The second-order valence-corrected chi connectivity index (χ2v) is 6.84. The number of hydrogen-bond donors (Lipinski definition) is 2. The summed E-state index contributed by atoms with van der Waals surface area (Å²) < 4.78 is 0. The van der Waals surface area contributed by atoms with E-state index in [0.717, 1.165) is 17.8 Å². The lowest BCUT2D eigenvalue weighted by molar-refractivity contribution is -0.857. The first kappa shape index (κ1) is 18.9. The molecule has 2 rings (SSSR count). The second kappa shape index (κ2) is 8.62. The van der Waals surface area contributed by atoms with Crippen LogP contribution >= 0.6 is 0 Å². The SMILES string of the molecule is Cc1ccc(NC(=O)N(CC[NH+](C)C)C(C)c2ccncc2)cc1C. The summed E-state index contributed by atoms with van der Waals surface area (Å²) in [5.41, 5.74) is 4.30. The highest BCUT2D eigenvalue weighted by atomic mass is 16.2. The summed E-state index contributed by atoms with van der Waals surface area (Å²) in [5, 5.41) is 3.05. The van der Waals surface area contributed by atoms with Crippen LogP contribution in [0, 0.1) is 13.8 Å². The molecule has 134 valence electrons. The van der Waals surface area contributed by atoms with Crippen molar-refractivity contribution in [3.8, 4) is 0 Å². The van der Waals surface area contributed by atoms with E-state index in [1.807, 2.05) is 35.2 Å². The highest BCUT2D eigenvalue weighted by Gasteiger charge is 2.22. The third kappa shape index (κ3) is 5.29. The van der Waals surface area contributed by atoms with Crippen LogP contribution in [-0.2, 0) is 0 Å². The van der Waals surface area contributed by atoms with E-state index >= 15 is 0 Å². The van der Waals surface area contributed by atoms with Crippen LogP contribution in [-0.4, -0.2) is 43.1 Å². The molecule has 1 unspecified atom stereocenters. The van der Waals surface area contributed by atoms with Gasteiger partial charge in [-0.15, -0.1) is 0 Å². The number of aromatic nitrogens is 1. The van der Waals surface area contributed by atoms with E-state index in [1.54, 1.807) is 12.4 Å². The maximum Gasteiger partial charge on any atom is 0.322 e. The van der Waals surface area contributed by atoms with Crippen LogP contribution in [0.5, 0.6) is 0 Å². The number of carbonyl (C=O) groups excluding carboxylic acids is 1. The van der Waals surface area contributed by atoms with Crippen LogP contribution < -0.4 is 10.2 Å². The smallest absolute Gasteiger partial charge is 0.322 e. The van der Waals surface area contributed by atoms with Crippen LogP contribution in [0.4, 0.5) is 10.5 Å². The third-order valence-corrected chi connectivity index (χ3v) is 4.53. The first-order valence-corrected chi connectivity index (χ1v) is 8.72. The van der Waals surface area contributed by atoms with Gasteiger partial charge in [0.05, 0.1) is 33.2 Å². The number of urea groups is 1. The summed E-state index contributed by atoms with van der Waals surface area (Å²) in [6, 6.07) is 9.83. The van der Waals surface area contributed by atoms with Crippen LogP contribution in [0.2, 0.25) is 0 Å². The van der Waals surface area contributed by atoms with Gasteiger partial charge in [0.25, 0.3) is 0 Å². The summed E-state index contributed by atoms with van der Waals surface area (Å²) in [6.07, 6.45) is 3.53. The lowest BCUT2D eigenvalue weighted by atomic mass is 10.1. The Morgan fingerprint density at radius 1 is 1.16 bits per heavy atom. The molecule has 0 fully saturated rings. The Kier molecular flexibility index (Phi) is 6.53. The van der Waals surface area contributed by atoms with E-state index in [9.17, 15) is 4.79 Å². The fourth-order valence-electron chi connectivity index (χ4n) is 2.65. The van der Waals surface area contributed by atoms with Crippen LogP contribution in [0.3, 0.4) is 0 Å². The standard InChI is InChI=1S/C20H28N4O/c1-15-6-7-19(14-16(15)2)22-20(25)24(13-12-23(4)5)17(3)18-8-10-21-11-9-18/h6-11,14,17H,12-13H2,1-5H3,(H,22,25)/p+1. The second-order valence-electron chi connectivity index (χ2n) is 6.84. The van der Waals surface area contributed by atoms with Gasteiger partial charge in [0.15, 0.2) is 0 Å². The van der Waals surface area contributed by atoms with E-state index < -0.39 is 0 Å². The molecule has 0 aliphatic heterocycles. The van der Waals surface area contributed by atoms with Crippen molar-refractivity contribution in [3.63, 3.8) is 0 Å². The van der Waals surface area contributed by atoms with Crippen molar-refractivity contribution in [2.75, 3.05) is 32.5 Å². The van der Waals surface area contributed by atoms with Gasteiger partial charge in [-0.3, -0.25) is 4.98 Å². The number of nitrogens with zero attached hydrogens (tertiary/aromatic N) is 2. The Bertz CT molecular complexity index is 700. The van der Waals surface area contributed by atoms with Crippen LogP contribution in [0.1, 0.15) is 29.7 Å². The molecule has 2 amide bonds. The maximum absolute atomic E-state index is 12.9. The van der Waals surface area contributed by atoms with Gasteiger partial charge >= 0.3 is 6.03 Å². The summed E-state index contributed by atoms with van der Waals surface area (Å²) in [7, 11) is 4.19. The fraction of sp³-hybridized carbons (Fsp3) is 0.400. The predicted octanol–water partition coefficient (Wildman–Crippen LogP) is 2.44. The lowest BCUT2D eigenvalue weighted by Crippen LogP contribution is -3.06. The molecule has 1 heterocycles. The van der Waals surface area contributed by atoms with E-state index in [-0.39, 0.29) is 12.1 Å².